The van der Waals surface area contributed by atoms with E-state index in [-0.39, 0.29) is 0 Å². The number of nitrogens with zero attached hydrogens (tertiary/aromatic N) is 2. The van der Waals surface area contributed by atoms with E-state index in [0.717, 1.165) is 12.8 Å². The molecule has 2 aliphatic rings. The first kappa shape index (κ1) is 14.5. The van der Waals surface area contributed by atoms with Gasteiger partial charge in [0, 0.05) is 37.6 Å². The summed E-state index contributed by atoms with van der Waals surface area (Å²) in [6.07, 6.45) is -2.40. The normalized spacial score (nSPS) is 20.1. The predicted octanol–water partition coefficient (Wildman–Crippen LogP) is 3.14. The van der Waals surface area contributed by atoms with Crippen molar-refractivity contribution >= 4 is 11.4 Å². The lowest BCUT2D eigenvalue weighted by Gasteiger charge is -2.30. The van der Waals surface area contributed by atoms with Crippen LogP contribution in [0.2, 0.25) is 0 Å². The maximum atomic E-state index is 13.4. The van der Waals surface area contributed by atoms with Gasteiger partial charge < -0.3 is 14.5 Å². The minimum Gasteiger partial charge on any atom is -0.378 e. The van der Waals surface area contributed by atoms with E-state index in [1.807, 2.05) is 9.80 Å². The van der Waals surface area contributed by atoms with Crippen LogP contribution in [0.5, 0.6) is 0 Å². The summed E-state index contributed by atoms with van der Waals surface area (Å²) in [4.78, 5) is 3.79. The van der Waals surface area contributed by atoms with E-state index >= 15 is 0 Å². The van der Waals surface area contributed by atoms with Gasteiger partial charge in [0.05, 0.1) is 18.8 Å². The molecule has 6 heteroatoms. The number of rotatable bonds is 2. The van der Waals surface area contributed by atoms with Gasteiger partial charge in [-0.25, -0.2) is 0 Å². The molecule has 2 saturated heterocycles. The molecule has 1 aromatic rings. The maximum absolute atomic E-state index is 13.4. The van der Waals surface area contributed by atoms with Crippen LogP contribution >= 0.6 is 0 Å². The summed E-state index contributed by atoms with van der Waals surface area (Å²) >= 11 is 0. The smallest absolute Gasteiger partial charge is 0.378 e. The number of anilines is 2. The van der Waals surface area contributed by atoms with Crippen LogP contribution in [0.4, 0.5) is 24.5 Å². The van der Waals surface area contributed by atoms with E-state index < -0.39 is 11.7 Å². The number of hydrogen-bond acceptors (Lipinski definition) is 3. The summed E-state index contributed by atoms with van der Waals surface area (Å²) in [7, 11) is 0. The maximum Gasteiger partial charge on any atom is 0.418 e. The third-order valence-corrected chi connectivity index (χ3v) is 4.11. The molecule has 2 heterocycles. The quantitative estimate of drug-likeness (QED) is 0.834. The van der Waals surface area contributed by atoms with Crippen molar-refractivity contribution in [1.29, 1.82) is 0 Å². The van der Waals surface area contributed by atoms with Gasteiger partial charge in [0.2, 0.25) is 0 Å². The molecule has 0 radical (unpaired) electrons. The van der Waals surface area contributed by atoms with E-state index in [1.54, 1.807) is 12.1 Å². The Morgan fingerprint density at radius 1 is 0.905 bits per heavy atom. The summed E-state index contributed by atoms with van der Waals surface area (Å²) < 4.78 is 45.4. The fourth-order valence-corrected chi connectivity index (χ4v) is 3.00. The number of halogens is 3. The fraction of sp³-hybridized carbons (Fsp3) is 0.600. The highest BCUT2D eigenvalue weighted by Gasteiger charge is 2.36. The third-order valence-electron chi connectivity index (χ3n) is 4.11. The Labute approximate surface area is 122 Å². The Kier molecular flexibility index (Phi) is 3.97. The molecule has 0 atom stereocenters. The molecule has 2 aliphatic heterocycles. The largest absolute Gasteiger partial charge is 0.418 e. The summed E-state index contributed by atoms with van der Waals surface area (Å²) in [5.74, 6) is 0. The van der Waals surface area contributed by atoms with E-state index in [1.165, 1.54) is 6.07 Å². The average molecular weight is 300 g/mol. The highest BCUT2D eigenvalue weighted by molar-refractivity contribution is 5.63. The van der Waals surface area contributed by atoms with Crippen molar-refractivity contribution in [3.05, 3.63) is 23.8 Å². The molecule has 2 fully saturated rings. The molecule has 0 aliphatic carbocycles. The lowest BCUT2D eigenvalue weighted by Crippen LogP contribution is -2.36. The summed E-state index contributed by atoms with van der Waals surface area (Å²) in [6, 6.07) is 4.71. The number of alkyl halides is 3. The Balaban J connectivity index is 1.94. The predicted molar refractivity (Wildman–Crippen MR) is 75.9 cm³/mol. The highest BCUT2D eigenvalue weighted by atomic mass is 19.4. The van der Waals surface area contributed by atoms with E-state index in [4.69, 9.17) is 4.74 Å². The summed E-state index contributed by atoms with van der Waals surface area (Å²) in [6.45, 7) is 3.82. The van der Waals surface area contributed by atoms with Gasteiger partial charge in [0.25, 0.3) is 0 Å². The zero-order valence-corrected chi connectivity index (χ0v) is 11.8. The van der Waals surface area contributed by atoms with Crippen LogP contribution in [-0.2, 0) is 10.9 Å². The van der Waals surface area contributed by atoms with Gasteiger partial charge in [0.15, 0.2) is 0 Å². The molecule has 0 amide bonds. The number of morpholine rings is 1. The Morgan fingerprint density at radius 2 is 1.57 bits per heavy atom. The molecule has 0 N–H and O–H groups in total. The van der Waals surface area contributed by atoms with Gasteiger partial charge in [0.1, 0.15) is 0 Å². The Bertz CT molecular complexity index is 492. The summed E-state index contributed by atoms with van der Waals surface area (Å²) in [5, 5.41) is 0. The molecule has 21 heavy (non-hydrogen) atoms. The SMILES string of the molecule is FC(F)(F)c1cc(N2CCOCC2)ccc1N1CCCC1. The first-order valence-corrected chi connectivity index (χ1v) is 7.34. The van der Waals surface area contributed by atoms with Crippen molar-refractivity contribution < 1.29 is 17.9 Å². The lowest BCUT2D eigenvalue weighted by molar-refractivity contribution is -0.137. The van der Waals surface area contributed by atoms with Crippen LogP contribution in [0.15, 0.2) is 18.2 Å². The zero-order valence-electron chi connectivity index (χ0n) is 11.8. The van der Waals surface area contributed by atoms with Gasteiger partial charge in [-0.05, 0) is 31.0 Å². The van der Waals surface area contributed by atoms with Gasteiger partial charge in [-0.1, -0.05) is 0 Å². The number of hydrogen-bond donors (Lipinski definition) is 0. The minimum absolute atomic E-state index is 0.317. The molecule has 0 spiro atoms. The monoisotopic (exact) mass is 300 g/mol. The van der Waals surface area contributed by atoms with E-state index in [9.17, 15) is 13.2 Å². The Hall–Kier alpha value is -1.43. The second kappa shape index (κ2) is 5.75. The number of ether oxygens (including phenoxy) is 1. The van der Waals surface area contributed by atoms with E-state index in [0.29, 0.717) is 50.8 Å². The molecule has 3 rings (SSSR count). The number of benzene rings is 1. The van der Waals surface area contributed by atoms with Crippen molar-refractivity contribution in [2.75, 3.05) is 49.2 Å². The van der Waals surface area contributed by atoms with Gasteiger partial charge in [-0.3, -0.25) is 0 Å². The van der Waals surface area contributed by atoms with E-state index in [2.05, 4.69) is 0 Å². The highest BCUT2D eigenvalue weighted by Crippen LogP contribution is 2.40. The van der Waals surface area contributed by atoms with Crippen LogP contribution in [-0.4, -0.2) is 39.4 Å². The lowest BCUT2D eigenvalue weighted by atomic mass is 10.1. The molecule has 3 nitrogen and oxygen atoms in total. The van der Waals surface area contributed by atoms with Crippen molar-refractivity contribution in [1.82, 2.24) is 0 Å². The van der Waals surface area contributed by atoms with Gasteiger partial charge in [-0.15, -0.1) is 0 Å². The van der Waals surface area contributed by atoms with Crippen molar-refractivity contribution in [2.45, 2.75) is 19.0 Å². The molecule has 0 unspecified atom stereocenters. The molecular formula is C15H19F3N2O. The second-order valence-electron chi connectivity index (χ2n) is 5.49. The van der Waals surface area contributed by atoms with Gasteiger partial charge in [-0.2, -0.15) is 13.2 Å². The topological polar surface area (TPSA) is 15.7 Å². The molecule has 0 aromatic heterocycles. The molecule has 0 bridgehead atoms. The average Bonchev–Trinajstić information content (AvgIpc) is 3.01. The van der Waals surface area contributed by atoms with Crippen LogP contribution in [0, 0.1) is 0 Å². The molecule has 1 aromatic carbocycles. The standard InChI is InChI=1S/C15H19F3N2O/c16-15(17,18)13-11-12(19-7-9-21-10-8-19)3-4-14(13)20-5-1-2-6-20/h3-4,11H,1-2,5-10H2. The first-order valence-electron chi connectivity index (χ1n) is 7.34. The third kappa shape index (κ3) is 3.10. The Morgan fingerprint density at radius 3 is 2.19 bits per heavy atom. The molecule has 0 saturated carbocycles. The van der Waals surface area contributed by atoms with Gasteiger partial charge >= 0.3 is 6.18 Å². The van der Waals surface area contributed by atoms with Crippen LogP contribution in [0.25, 0.3) is 0 Å². The van der Waals surface area contributed by atoms with Crippen molar-refractivity contribution in [2.24, 2.45) is 0 Å². The molecule has 116 valence electrons. The first-order chi connectivity index (χ1) is 10.1. The van der Waals surface area contributed by atoms with Crippen molar-refractivity contribution in [3.8, 4) is 0 Å². The van der Waals surface area contributed by atoms with Crippen LogP contribution < -0.4 is 9.80 Å². The summed E-state index contributed by atoms with van der Waals surface area (Å²) in [5.41, 5.74) is 0.430. The van der Waals surface area contributed by atoms with Crippen molar-refractivity contribution in [3.63, 3.8) is 0 Å². The minimum atomic E-state index is -4.32. The second-order valence-corrected chi connectivity index (χ2v) is 5.49. The van der Waals surface area contributed by atoms with Crippen LogP contribution in [0.3, 0.4) is 0 Å². The molecular weight excluding hydrogens is 281 g/mol. The zero-order chi connectivity index (χ0) is 14.9. The fourth-order valence-electron chi connectivity index (χ4n) is 3.00. The van der Waals surface area contributed by atoms with Crippen LogP contribution in [0.1, 0.15) is 18.4 Å².